The molecule has 1 atom stereocenters. The summed E-state index contributed by atoms with van der Waals surface area (Å²) in [5.41, 5.74) is 0.712. The Morgan fingerprint density at radius 2 is 1.90 bits per heavy atom. The number of carbonyl (C=O) groups is 2. The van der Waals surface area contributed by atoms with Gasteiger partial charge in [-0.15, -0.1) is 0 Å². The SMILES string of the molecule is CCNC(=O)[C@@H](CC)N(Cc1ccc(F)cc1)C(=O)COc1ccc(Br)cc1Cl. The molecule has 0 aliphatic rings. The highest BCUT2D eigenvalue weighted by atomic mass is 79.9. The number of amides is 2. The third-order valence-electron chi connectivity index (χ3n) is 4.25. The molecule has 2 amide bonds. The molecule has 0 bridgehead atoms. The molecule has 8 heteroatoms. The number of carbonyl (C=O) groups excluding carboxylic acids is 2. The van der Waals surface area contributed by atoms with Gasteiger partial charge >= 0.3 is 0 Å². The number of nitrogens with one attached hydrogen (secondary N) is 1. The number of hydrogen-bond acceptors (Lipinski definition) is 3. The third kappa shape index (κ3) is 6.72. The Morgan fingerprint density at radius 1 is 1.21 bits per heavy atom. The lowest BCUT2D eigenvalue weighted by Gasteiger charge is -2.30. The zero-order valence-corrected chi connectivity index (χ0v) is 18.6. The minimum absolute atomic E-state index is 0.159. The van der Waals surface area contributed by atoms with E-state index >= 15 is 0 Å². The molecule has 5 nitrogen and oxygen atoms in total. The van der Waals surface area contributed by atoms with Crippen molar-refractivity contribution in [2.24, 2.45) is 0 Å². The number of likely N-dealkylation sites (N-methyl/N-ethyl adjacent to an activating group) is 1. The van der Waals surface area contributed by atoms with Crippen LogP contribution in [0, 0.1) is 5.82 Å². The van der Waals surface area contributed by atoms with E-state index in [1.54, 1.807) is 30.3 Å². The van der Waals surface area contributed by atoms with Crippen molar-refractivity contribution >= 4 is 39.3 Å². The van der Waals surface area contributed by atoms with Crippen molar-refractivity contribution in [1.82, 2.24) is 10.2 Å². The molecule has 2 rings (SSSR count). The first kappa shape index (κ1) is 23.2. The summed E-state index contributed by atoms with van der Waals surface area (Å²) < 4.78 is 19.6. The maximum absolute atomic E-state index is 13.2. The molecular weight excluding hydrogens is 463 g/mol. The van der Waals surface area contributed by atoms with Gasteiger partial charge in [0.15, 0.2) is 6.61 Å². The molecule has 0 saturated heterocycles. The Labute approximate surface area is 183 Å². The zero-order valence-electron chi connectivity index (χ0n) is 16.3. The summed E-state index contributed by atoms with van der Waals surface area (Å²) in [5, 5.41) is 3.12. The molecule has 0 unspecified atom stereocenters. The second kappa shape index (κ2) is 11.2. The molecule has 0 saturated carbocycles. The molecule has 0 aliphatic carbocycles. The van der Waals surface area contributed by atoms with Crippen molar-refractivity contribution in [1.29, 1.82) is 0 Å². The van der Waals surface area contributed by atoms with Gasteiger partial charge in [0.05, 0.1) is 5.02 Å². The van der Waals surface area contributed by atoms with Crippen LogP contribution in [0.1, 0.15) is 25.8 Å². The van der Waals surface area contributed by atoms with Gasteiger partial charge in [0.2, 0.25) is 5.91 Å². The highest BCUT2D eigenvalue weighted by Crippen LogP contribution is 2.27. The Balaban J connectivity index is 2.20. The predicted molar refractivity (Wildman–Crippen MR) is 114 cm³/mol. The van der Waals surface area contributed by atoms with Gasteiger partial charge in [-0.2, -0.15) is 0 Å². The predicted octanol–water partition coefficient (Wildman–Crippen LogP) is 4.56. The van der Waals surface area contributed by atoms with Gasteiger partial charge in [-0.3, -0.25) is 9.59 Å². The second-order valence-corrected chi connectivity index (χ2v) is 7.65. The first-order valence-corrected chi connectivity index (χ1v) is 10.4. The van der Waals surface area contributed by atoms with Crippen molar-refractivity contribution < 1.29 is 18.7 Å². The standard InChI is InChI=1S/C21H23BrClFN2O3/c1-3-18(21(28)25-4-2)26(12-14-5-8-16(24)9-6-14)20(27)13-29-19-10-7-15(22)11-17(19)23/h5-11,18H,3-4,12-13H2,1-2H3,(H,25,28)/t18-/m1/s1. The summed E-state index contributed by atoms with van der Waals surface area (Å²) in [6.45, 7) is 3.98. The summed E-state index contributed by atoms with van der Waals surface area (Å²) in [7, 11) is 0. The van der Waals surface area contributed by atoms with E-state index < -0.39 is 6.04 Å². The lowest BCUT2D eigenvalue weighted by molar-refractivity contribution is -0.142. The molecular formula is C21H23BrClFN2O3. The number of ether oxygens (including phenoxy) is 1. The van der Waals surface area contributed by atoms with Crippen LogP contribution in [0.5, 0.6) is 5.75 Å². The first-order valence-electron chi connectivity index (χ1n) is 9.25. The summed E-state index contributed by atoms with van der Waals surface area (Å²) in [6.07, 6.45) is 0.428. The average Bonchev–Trinajstić information content (AvgIpc) is 2.68. The Morgan fingerprint density at radius 3 is 2.48 bits per heavy atom. The Bertz CT molecular complexity index is 848. The Kier molecular flexibility index (Phi) is 8.92. The highest BCUT2D eigenvalue weighted by molar-refractivity contribution is 9.10. The molecule has 0 heterocycles. The van der Waals surface area contributed by atoms with Crippen molar-refractivity contribution in [3.8, 4) is 5.75 Å². The third-order valence-corrected chi connectivity index (χ3v) is 5.04. The van der Waals surface area contributed by atoms with Crippen LogP contribution in [0.4, 0.5) is 4.39 Å². The molecule has 29 heavy (non-hydrogen) atoms. The van der Waals surface area contributed by atoms with Crippen LogP contribution in [-0.2, 0) is 16.1 Å². The fraction of sp³-hybridized carbons (Fsp3) is 0.333. The smallest absolute Gasteiger partial charge is 0.261 e. The van der Waals surface area contributed by atoms with Crippen LogP contribution in [-0.4, -0.2) is 35.9 Å². The monoisotopic (exact) mass is 484 g/mol. The number of benzene rings is 2. The van der Waals surface area contributed by atoms with Crippen LogP contribution in [0.3, 0.4) is 0 Å². The number of nitrogens with zero attached hydrogens (tertiary/aromatic N) is 1. The molecule has 0 spiro atoms. The minimum atomic E-state index is -0.670. The molecule has 0 aromatic heterocycles. The van der Waals surface area contributed by atoms with Crippen LogP contribution >= 0.6 is 27.5 Å². The number of rotatable bonds is 9. The molecule has 1 N–H and O–H groups in total. The maximum atomic E-state index is 13.2. The van der Waals surface area contributed by atoms with E-state index in [0.29, 0.717) is 29.3 Å². The van der Waals surface area contributed by atoms with Crippen LogP contribution in [0.15, 0.2) is 46.9 Å². The van der Waals surface area contributed by atoms with Crippen molar-refractivity contribution in [3.63, 3.8) is 0 Å². The number of halogens is 3. The van der Waals surface area contributed by atoms with E-state index in [9.17, 15) is 14.0 Å². The summed E-state index contributed by atoms with van der Waals surface area (Å²) in [5.74, 6) is -0.606. The van der Waals surface area contributed by atoms with E-state index in [1.165, 1.54) is 17.0 Å². The van der Waals surface area contributed by atoms with E-state index in [2.05, 4.69) is 21.2 Å². The topological polar surface area (TPSA) is 58.6 Å². The molecule has 0 aliphatic heterocycles. The van der Waals surface area contributed by atoms with Gasteiger partial charge in [0.1, 0.15) is 17.6 Å². The first-order chi connectivity index (χ1) is 13.8. The van der Waals surface area contributed by atoms with Crippen LogP contribution < -0.4 is 10.1 Å². The quantitative estimate of drug-likeness (QED) is 0.566. The fourth-order valence-corrected chi connectivity index (χ4v) is 3.54. The van der Waals surface area contributed by atoms with Crippen LogP contribution in [0.25, 0.3) is 0 Å². The largest absolute Gasteiger partial charge is 0.482 e. The minimum Gasteiger partial charge on any atom is -0.482 e. The van der Waals surface area contributed by atoms with Gasteiger partial charge in [-0.25, -0.2) is 4.39 Å². The van der Waals surface area contributed by atoms with Crippen LogP contribution in [0.2, 0.25) is 5.02 Å². The molecule has 0 fully saturated rings. The van der Waals surface area contributed by atoms with Gasteiger partial charge in [-0.1, -0.05) is 46.6 Å². The van der Waals surface area contributed by atoms with E-state index in [1.807, 2.05) is 13.8 Å². The summed E-state index contributed by atoms with van der Waals surface area (Å²) >= 11 is 9.45. The van der Waals surface area contributed by atoms with Gasteiger partial charge in [-0.05, 0) is 49.2 Å². The second-order valence-electron chi connectivity index (χ2n) is 6.33. The van der Waals surface area contributed by atoms with E-state index in [0.717, 1.165) is 4.47 Å². The zero-order chi connectivity index (χ0) is 21.4. The van der Waals surface area contributed by atoms with E-state index in [-0.39, 0.29) is 30.8 Å². The van der Waals surface area contributed by atoms with Gasteiger partial charge < -0.3 is 15.0 Å². The average molecular weight is 486 g/mol. The number of hydrogen-bond donors (Lipinski definition) is 1. The van der Waals surface area contributed by atoms with Crippen molar-refractivity contribution in [2.45, 2.75) is 32.9 Å². The molecule has 2 aromatic carbocycles. The normalized spacial score (nSPS) is 11.6. The van der Waals surface area contributed by atoms with Gasteiger partial charge in [0.25, 0.3) is 5.91 Å². The molecule has 2 aromatic rings. The molecule has 0 radical (unpaired) electrons. The fourth-order valence-electron chi connectivity index (χ4n) is 2.81. The van der Waals surface area contributed by atoms with Crippen molar-refractivity contribution in [3.05, 3.63) is 63.3 Å². The summed E-state index contributed by atoms with van der Waals surface area (Å²) in [4.78, 5) is 26.9. The van der Waals surface area contributed by atoms with E-state index in [4.69, 9.17) is 16.3 Å². The highest BCUT2D eigenvalue weighted by Gasteiger charge is 2.28. The lowest BCUT2D eigenvalue weighted by atomic mass is 10.1. The molecule has 156 valence electrons. The van der Waals surface area contributed by atoms with Gasteiger partial charge in [0, 0.05) is 17.6 Å². The Hall–Kier alpha value is -2.12. The lowest BCUT2D eigenvalue weighted by Crippen LogP contribution is -2.50. The van der Waals surface area contributed by atoms with Crippen molar-refractivity contribution in [2.75, 3.05) is 13.2 Å². The maximum Gasteiger partial charge on any atom is 0.261 e. The summed E-state index contributed by atoms with van der Waals surface area (Å²) in [6, 6.07) is 10.2.